The van der Waals surface area contributed by atoms with E-state index in [-0.39, 0.29) is 5.60 Å². The van der Waals surface area contributed by atoms with Crippen LogP contribution in [0.2, 0.25) is 0 Å². The highest BCUT2D eigenvalue weighted by atomic mass is 32.2. The number of aromatic nitrogens is 2. The lowest BCUT2D eigenvalue weighted by molar-refractivity contribution is -0.0891. The molecule has 4 rings (SSSR count). The molecule has 1 spiro atoms. The maximum atomic E-state index is 13.2. The second kappa shape index (κ2) is 6.18. The highest BCUT2D eigenvalue weighted by Crippen LogP contribution is 2.42. The number of nitrogens with zero attached hydrogens (tertiary/aromatic N) is 3. The van der Waals surface area contributed by atoms with Gasteiger partial charge in [-0.25, -0.2) is 8.42 Å². The van der Waals surface area contributed by atoms with Crippen LogP contribution in [0.3, 0.4) is 0 Å². The van der Waals surface area contributed by atoms with Crippen molar-refractivity contribution in [1.29, 1.82) is 0 Å². The third-order valence-electron chi connectivity index (χ3n) is 5.83. The predicted octanol–water partition coefficient (Wildman–Crippen LogP) is 2.29. The summed E-state index contributed by atoms with van der Waals surface area (Å²) in [6.07, 6.45) is 2.29. The summed E-state index contributed by atoms with van der Waals surface area (Å²) in [7, 11) is -1.76. The molecule has 7 heteroatoms. The molecule has 0 amide bonds. The summed E-state index contributed by atoms with van der Waals surface area (Å²) in [5, 5.41) is 4.27. The van der Waals surface area contributed by atoms with Gasteiger partial charge >= 0.3 is 0 Å². The van der Waals surface area contributed by atoms with Crippen LogP contribution in [0.4, 0.5) is 0 Å². The first kappa shape index (κ1) is 17.7. The van der Waals surface area contributed by atoms with E-state index in [1.807, 2.05) is 6.07 Å². The van der Waals surface area contributed by atoms with E-state index in [0.29, 0.717) is 48.8 Å². The Morgan fingerprint density at radius 2 is 1.85 bits per heavy atom. The second-order valence-corrected chi connectivity index (χ2v) is 9.15. The van der Waals surface area contributed by atoms with Gasteiger partial charge in [-0.05, 0) is 44.2 Å². The minimum Gasteiger partial charge on any atom is -0.370 e. The largest absolute Gasteiger partial charge is 0.370 e. The lowest BCUT2D eigenvalue weighted by atomic mass is 9.80. The zero-order valence-electron chi connectivity index (χ0n) is 15.5. The van der Waals surface area contributed by atoms with Crippen molar-refractivity contribution in [3.05, 3.63) is 46.8 Å². The molecular formula is C19H25N3O3S. The first-order valence-electron chi connectivity index (χ1n) is 9.08. The molecule has 2 aliphatic heterocycles. The van der Waals surface area contributed by atoms with Gasteiger partial charge in [-0.15, -0.1) is 0 Å². The Kier molecular flexibility index (Phi) is 4.21. The molecule has 0 bridgehead atoms. The van der Waals surface area contributed by atoms with Crippen LogP contribution < -0.4 is 0 Å². The van der Waals surface area contributed by atoms with E-state index in [2.05, 4.69) is 23.3 Å². The number of fused-ring (bicyclic) bond motifs is 2. The molecular weight excluding hydrogens is 350 g/mol. The number of hydrogen-bond donors (Lipinski definition) is 0. The number of ether oxygens (including phenoxy) is 1. The van der Waals surface area contributed by atoms with Crippen LogP contribution in [0.5, 0.6) is 0 Å². The summed E-state index contributed by atoms with van der Waals surface area (Å²) in [4.78, 5) is 0.348. The fourth-order valence-electron chi connectivity index (χ4n) is 4.37. The van der Waals surface area contributed by atoms with E-state index in [4.69, 9.17) is 4.74 Å². The van der Waals surface area contributed by atoms with E-state index in [1.165, 1.54) is 11.1 Å². The first-order valence-corrected chi connectivity index (χ1v) is 10.5. The fourth-order valence-corrected chi connectivity index (χ4v) is 6.22. The molecule has 1 saturated heterocycles. The molecule has 2 aromatic rings. The van der Waals surface area contributed by atoms with Crippen molar-refractivity contribution in [2.24, 2.45) is 7.05 Å². The van der Waals surface area contributed by atoms with Gasteiger partial charge in [-0.3, -0.25) is 4.68 Å². The van der Waals surface area contributed by atoms with Crippen molar-refractivity contribution in [3.63, 3.8) is 0 Å². The number of aryl methyl sites for hydroxylation is 2. The second-order valence-electron chi connectivity index (χ2n) is 7.28. The van der Waals surface area contributed by atoms with Gasteiger partial charge in [0.2, 0.25) is 10.0 Å². The molecule has 0 atom stereocenters. The molecule has 6 nitrogen and oxygen atoms in total. The first-order chi connectivity index (χ1) is 12.3. The fraction of sp³-hybridized carbons (Fsp3) is 0.526. The molecule has 0 N–H and O–H groups in total. The van der Waals surface area contributed by atoms with Crippen LogP contribution in [0.15, 0.2) is 29.2 Å². The highest BCUT2D eigenvalue weighted by Gasteiger charge is 2.44. The molecule has 26 heavy (non-hydrogen) atoms. The van der Waals surface area contributed by atoms with Crippen LogP contribution in [0.1, 0.15) is 35.4 Å². The van der Waals surface area contributed by atoms with Gasteiger partial charge in [0.05, 0.1) is 23.6 Å². The van der Waals surface area contributed by atoms with Gasteiger partial charge in [0, 0.05) is 20.1 Å². The van der Waals surface area contributed by atoms with Gasteiger partial charge in [0.1, 0.15) is 4.90 Å². The van der Waals surface area contributed by atoms with Crippen LogP contribution in [-0.4, -0.2) is 42.2 Å². The number of hydrogen-bond acceptors (Lipinski definition) is 4. The van der Waals surface area contributed by atoms with Gasteiger partial charge in [-0.1, -0.05) is 24.3 Å². The van der Waals surface area contributed by atoms with Gasteiger partial charge < -0.3 is 4.74 Å². The van der Waals surface area contributed by atoms with Crippen molar-refractivity contribution in [2.75, 3.05) is 19.7 Å². The van der Waals surface area contributed by atoms with Crippen molar-refractivity contribution in [1.82, 2.24) is 14.1 Å². The Bertz CT molecular complexity index is 941. The van der Waals surface area contributed by atoms with Crippen LogP contribution >= 0.6 is 0 Å². The maximum absolute atomic E-state index is 13.2. The molecule has 0 aliphatic carbocycles. The van der Waals surface area contributed by atoms with E-state index in [0.717, 1.165) is 6.42 Å². The lowest BCUT2D eigenvalue weighted by Crippen LogP contribution is -2.48. The number of piperidine rings is 1. The summed E-state index contributed by atoms with van der Waals surface area (Å²) >= 11 is 0. The summed E-state index contributed by atoms with van der Waals surface area (Å²) in [6, 6.07) is 8.39. The molecule has 0 saturated carbocycles. The monoisotopic (exact) mass is 375 g/mol. The van der Waals surface area contributed by atoms with Gasteiger partial charge in [-0.2, -0.15) is 9.40 Å². The van der Waals surface area contributed by atoms with Crippen molar-refractivity contribution >= 4 is 10.0 Å². The highest BCUT2D eigenvalue weighted by molar-refractivity contribution is 7.89. The Morgan fingerprint density at radius 3 is 2.50 bits per heavy atom. The minimum atomic E-state index is -3.54. The molecule has 2 aliphatic rings. The standard InChI is InChI=1S/C19H25N3O3S/c1-14-18(15(2)21(3)20-14)26(23,24)22-11-9-19(10-12-22)17-7-5-4-6-16(17)8-13-25-19/h4-7H,8-13H2,1-3H3. The number of rotatable bonds is 2. The van der Waals surface area contributed by atoms with E-state index in [1.54, 1.807) is 29.9 Å². The summed E-state index contributed by atoms with van der Waals surface area (Å²) in [5.74, 6) is 0. The van der Waals surface area contributed by atoms with Crippen molar-refractivity contribution in [2.45, 2.75) is 43.6 Å². The Hall–Kier alpha value is -1.70. The lowest BCUT2D eigenvalue weighted by Gasteiger charge is -2.44. The number of benzene rings is 1. The van der Waals surface area contributed by atoms with Crippen LogP contribution in [0.25, 0.3) is 0 Å². The smallest absolute Gasteiger partial charge is 0.246 e. The van der Waals surface area contributed by atoms with Gasteiger partial charge in [0.25, 0.3) is 0 Å². The van der Waals surface area contributed by atoms with Crippen LogP contribution in [0, 0.1) is 13.8 Å². The molecule has 0 radical (unpaired) electrons. The molecule has 1 aromatic carbocycles. The van der Waals surface area contributed by atoms with Crippen LogP contribution in [-0.2, 0) is 33.8 Å². The molecule has 0 unspecified atom stereocenters. The molecule has 140 valence electrons. The zero-order valence-corrected chi connectivity index (χ0v) is 16.3. The zero-order chi connectivity index (χ0) is 18.5. The quantitative estimate of drug-likeness (QED) is 0.808. The van der Waals surface area contributed by atoms with E-state index in [9.17, 15) is 8.42 Å². The van der Waals surface area contributed by atoms with Crippen molar-refractivity contribution < 1.29 is 13.2 Å². The van der Waals surface area contributed by atoms with Gasteiger partial charge in [0.15, 0.2) is 0 Å². The Labute approximate surface area is 154 Å². The maximum Gasteiger partial charge on any atom is 0.246 e. The molecule has 1 aromatic heterocycles. The molecule has 1 fully saturated rings. The topological polar surface area (TPSA) is 64.4 Å². The summed E-state index contributed by atoms with van der Waals surface area (Å²) in [5.41, 5.74) is 3.46. The third kappa shape index (κ3) is 2.61. The summed E-state index contributed by atoms with van der Waals surface area (Å²) in [6.45, 7) is 5.18. The third-order valence-corrected chi connectivity index (χ3v) is 7.98. The Balaban J connectivity index is 1.62. The average molecular weight is 375 g/mol. The Morgan fingerprint density at radius 1 is 1.15 bits per heavy atom. The molecule has 3 heterocycles. The van der Waals surface area contributed by atoms with E-state index >= 15 is 0 Å². The number of sulfonamides is 1. The summed E-state index contributed by atoms with van der Waals surface area (Å²) < 4.78 is 35.8. The van der Waals surface area contributed by atoms with Crippen molar-refractivity contribution in [3.8, 4) is 0 Å². The minimum absolute atomic E-state index is 0.347. The van der Waals surface area contributed by atoms with E-state index < -0.39 is 10.0 Å². The normalized spacial score (nSPS) is 20.3. The average Bonchev–Trinajstić information content (AvgIpc) is 2.88. The SMILES string of the molecule is Cc1nn(C)c(C)c1S(=O)(=O)N1CCC2(CC1)OCCc1ccccc12. The predicted molar refractivity (Wildman–Crippen MR) is 98.5 cm³/mol.